The lowest BCUT2D eigenvalue weighted by atomic mass is 10.1. The summed E-state index contributed by atoms with van der Waals surface area (Å²) < 4.78 is 10.6. The predicted molar refractivity (Wildman–Crippen MR) is 147 cm³/mol. The van der Waals surface area contributed by atoms with Crippen molar-refractivity contribution < 1.29 is 14.3 Å². The van der Waals surface area contributed by atoms with Crippen LogP contribution in [-0.2, 0) is 11.2 Å². The largest absolute Gasteiger partial charge is 0.497 e. The first kappa shape index (κ1) is 28.5. The van der Waals surface area contributed by atoms with Crippen LogP contribution in [0, 0.1) is 0 Å². The van der Waals surface area contributed by atoms with Crippen molar-refractivity contribution in [2.24, 2.45) is 0 Å². The second-order valence-electron chi connectivity index (χ2n) is 9.12. The van der Waals surface area contributed by atoms with E-state index in [0.29, 0.717) is 13.2 Å². The molecule has 0 aliphatic rings. The molecule has 5 heteroatoms. The van der Waals surface area contributed by atoms with E-state index >= 15 is 0 Å². The minimum Gasteiger partial charge on any atom is -0.497 e. The highest BCUT2D eigenvalue weighted by molar-refractivity contribution is 5.84. The summed E-state index contributed by atoms with van der Waals surface area (Å²) in [7, 11) is 1.67. The molecule has 1 heterocycles. The molecule has 194 valence electrons. The normalized spacial score (nSPS) is 11.6. The fourth-order valence-corrected chi connectivity index (χ4v) is 4.10. The Hall–Kier alpha value is -2.69. The van der Waals surface area contributed by atoms with Crippen LogP contribution in [-0.4, -0.2) is 31.3 Å². The SMILES string of the molecule is CCCCC/C=C\C/C=C\CCCCCCCCOC(=O)NCCc1c[nH]c2ccc(OC)cc12. The summed E-state index contributed by atoms with van der Waals surface area (Å²) in [6, 6.07) is 5.96. The molecule has 0 aliphatic heterocycles. The topological polar surface area (TPSA) is 63.3 Å². The van der Waals surface area contributed by atoms with Gasteiger partial charge in [0.2, 0.25) is 0 Å². The molecule has 0 aliphatic carbocycles. The van der Waals surface area contributed by atoms with Crippen molar-refractivity contribution in [1.82, 2.24) is 10.3 Å². The summed E-state index contributed by atoms with van der Waals surface area (Å²) in [6.45, 7) is 3.28. The van der Waals surface area contributed by atoms with Gasteiger partial charge in [0.05, 0.1) is 13.7 Å². The van der Waals surface area contributed by atoms with E-state index in [-0.39, 0.29) is 6.09 Å². The fourth-order valence-electron chi connectivity index (χ4n) is 4.10. The molecule has 2 rings (SSSR count). The highest BCUT2D eigenvalue weighted by atomic mass is 16.5. The van der Waals surface area contributed by atoms with Crippen molar-refractivity contribution in [2.75, 3.05) is 20.3 Å². The Kier molecular flexibility index (Phi) is 15.2. The highest BCUT2D eigenvalue weighted by Crippen LogP contribution is 2.23. The number of unbranched alkanes of at least 4 members (excludes halogenated alkanes) is 9. The van der Waals surface area contributed by atoms with Crippen molar-refractivity contribution >= 4 is 17.0 Å². The third-order valence-electron chi connectivity index (χ3n) is 6.22. The number of H-pyrrole nitrogens is 1. The van der Waals surface area contributed by atoms with E-state index < -0.39 is 0 Å². The zero-order valence-electron chi connectivity index (χ0n) is 22.0. The van der Waals surface area contributed by atoms with E-state index in [1.165, 1.54) is 57.8 Å². The summed E-state index contributed by atoms with van der Waals surface area (Å²) >= 11 is 0. The van der Waals surface area contributed by atoms with Gasteiger partial charge >= 0.3 is 6.09 Å². The Morgan fingerprint density at radius 3 is 2.40 bits per heavy atom. The van der Waals surface area contributed by atoms with Gasteiger partial charge in [-0.25, -0.2) is 4.79 Å². The number of hydrogen-bond acceptors (Lipinski definition) is 3. The Morgan fingerprint density at radius 2 is 1.66 bits per heavy atom. The second-order valence-corrected chi connectivity index (χ2v) is 9.12. The van der Waals surface area contributed by atoms with E-state index in [2.05, 4.69) is 41.5 Å². The number of hydrogen-bond donors (Lipinski definition) is 2. The lowest BCUT2D eigenvalue weighted by Gasteiger charge is -2.07. The number of carbonyl (C=O) groups is 1. The molecule has 0 atom stereocenters. The number of alkyl carbamates (subject to hydrolysis) is 1. The molecule has 0 spiro atoms. The number of benzene rings is 1. The number of methoxy groups -OCH3 is 1. The van der Waals surface area contributed by atoms with E-state index in [1.807, 2.05) is 24.4 Å². The molecule has 0 radical (unpaired) electrons. The first-order valence-corrected chi connectivity index (χ1v) is 13.6. The Balaban J connectivity index is 1.40. The second kappa shape index (κ2) is 18.6. The van der Waals surface area contributed by atoms with Crippen LogP contribution in [0.5, 0.6) is 5.75 Å². The Morgan fingerprint density at radius 1 is 0.943 bits per heavy atom. The third-order valence-corrected chi connectivity index (χ3v) is 6.22. The maximum absolute atomic E-state index is 11.9. The molecular weight excluding hydrogens is 436 g/mol. The van der Waals surface area contributed by atoms with Crippen LogP contribution in [0.4, 0.5) is 4.79 Å². The van der Waals surface area contributed by atoms with Gasteiger partial charge in [0.15, 0.2) is 0 Å². The summed E-state index contributed by atoms with van der Waals surface area (Å²) in [5.74, 6) is 0.832. The monoisotopic (exact) mass is 482 g/mol. The van der Waals surface area contributed by atoms with Crippen LogP contribution in [0.25, 0.3) is 10.9 Å². The minimum atomic E-state index is -0.329. The summed E-state index contributed by atoms with van der Waals surface area (Å²) in [5.41, 5.74) is 2.23. The molecule has 0 saturated carbocycles. The van der Waals surface area contributed by atoms with E-state index in [9.17, 15) is 4.79 Å². The highest BCUT2D eigenvalue weighted by Gasteiger charge is 2.07. The number of nitrogens with one attached hydrogen (secondary N) is 2. The molecule has 2 N–H and O–H groups in total. The number of aromatic nitrogens is 1. The standard InChI is InChI=1S/C30H46N2O3/c1-3-4-5-6-7-8-9-10-11-12-13-14-15-16-17-18-23-35-30(33)31-22-21-26-25-32-29-20-19-27(34-2)24-28(26)29/h7-8,10-11,19-20,24-25,32H,3-6,9,12-18,21-23H2,1-2H3,(H,31,33)/b8-7-,11-10-. The first-order valence-electron chi connectivity index (χ1n) is 13.6. The average Bonchev–Trinajstić information content (AvgIpc) is 3.28. The Bertz CT molecular complexity index is 885. The molecule has 5 nitrogen and oxygen atoms in total. The lowest BCUT2D eigenvalue weighted by Crippen LogP contribution is -2.26. The number of fused-ring (bicyclic) bond motifs is 1. The molecule has 0 saturated heterocycles. The number of rotatable bonds is 19. The van der Waals surface area contributed by atoms with Crippen LogP contribution in [0.1, 0.15) is 89.5 Å². The van der Waals surface area contributed by atoms with Gasteiger partial charge in [-0.05, 0) is 68.7 Å². The molecule has 0 bridgehead atoms. The number of carbonyl (C=O) groups excluding carboxylic acids is 1. The van der Waals surface area contributed by atoms with Crippen molar-refractivity contribution in [2.45, 2.75) is 90.4 Å². The van der Waals surface area contributed by atoms with Gasteiger partial charge < -0.3 is 19.8 Å². The molecule has 0 unspecified atom stereocenters. The first-order chi connectivity index (χ1) is 17.2. The lowest BCUT2D eigenvalue weighted by molar-refractivity contribution is 0.144. The molecule has 0 fully saturated rings. The van der Waals surface area contributed by atoms with E-state index in [4.69, 9.17) is 9.47 Å². The van der Waals surface area contributed by atoms with Gasteiger partial charge in [0.1, 0.15) is 5.75 Å². The average molecular weight is 483 g/mol. The van der Waals surface area contributed by atoms with Gasteiger partial charge in [0.25, 0.3) is 0 Å². The van der Waals surface area contributed by atoms with Crippen molar-refractivity contribution in [3.05, 3.63) is 54.3 Å². The maximum atomic E-state index is 11.9. The minimum absolute atomic E-state index is 0.329. The zero-order chi connectivity index (χ0) is 25.0. The van der Waals surface area contributed by atoms with Gasteiger partial charge in [-0.15, -0.1) is 0 Å². The van der Waals surface area contributed by atoms with Crippen LogP contribution < -0.4 is 10.1 Å². The van der Waals surface area contributed by atoms with Crippen molar-refractivity contribution in [1.29, 1.82) is 0 Å². The van der Waals surface area contributed by atoms with E-state index in [0.717, 1.165) is 47.9 Å². The van der Waals surface area contributed by atoms with Gasteiger partial charge in [-0.1, -0.05) is 69.8 Å². The van der Waals surface area contributed by atoms with Crippen LogP contribution in [0.15, 0.2) is 48.7 Å². The van der Waals surface area contributed by atoms with Gasteiger partial charge in [-0.2, -0.15) is 0 Å². The summed E-state index contributed by atoms with van der Waals surface area (Å²) in [6.07, 6.45) is 26.1. The molecule has 1 aromatic heterocycles. The van der Waals surface area contributed by atoms with Crippen molar-refractivity contribution in [3.8, 4) is 5.75 Å². The smallest absolute Gasteiger partial charge is 0.407 e. The van der Waals surface area contributed by atoms with Gasteiger partial charge in [-0.3, -0.25) is 0 Å². The fraction of sp³-hybridized carbons (Fsp3) is 0.567. The van der Waals surface area contributed by atoms with Crippen molar-refractivity contribution in [3.63, 3.8) is 0 Å². The zero-order valence-corrected chi connectivity index (χ0v) is 22.0. The molecule has 35 heavy (non-hydrogen) atoms. The van der Waals surface area contributed by atoms with Gasteiger partial charge in [0, 0.05) is 23.6 Å². The van der Waals surface area contributed by atoms with Crippen LogP contribution in [0.3, 0.4) is 0 Å². The number of aromatic amines is 1. The number of ether oxygens (including phenoxy) is 2. The third kappa shape index (κ3) is 12.5. The number of amides is 1. The molecular formula is C30H46N2O3. The molecule has 1 amide bonds. The van der Waals surface area contributed by atoms with Crippen LogP contribution in [0.2, 0.25) is 0 Å². The molecule has 1 aromatic carbocycles. The summed E-state index contributed by atoms with van der Waals surface area (Å²) in [5, 5.41) is 3.98. The van der Waals surface area contributed by atoms with Crippen LogP contribution >= 0.6 is 0 Å². The number of allylic oxidation sites excluding steroid dienone is 4. The summed E-state index contributed by atoms with van der Waals surface area (Å²) in [4.78, 5) is 15.2. The Labute approximate surface area is 212 Å². The molecule has 2 aromatic rings. The van der Waals surface area contributed by atoms with E-state index in [1.54, 1.807) is 7.11 Å². The predicted octanol–water partition coefficient (Wildman–Crippen LogP) is 8.26. The quantitative estimate of drug-likeness (QED) is 0.156. The maximum Gasteiger partial charge on any atom is 0.407 e.